The number of carbonyl (C=O) groups is 1. The predicted octanol–water partition coefficient (Wildman–Crippen LogP) is 0.274. The van der Waals surface area contributed by atoms with Crippen molar-refractivity contribution in [1.29, 1.82) is 0 Å². The first-order valence-electron chi connectivity index (χ1n) is 4.49. The van der Waals surface area contributed by atoms with Crippen LogP contribution in [0.15, 0.2) is 11.0 Å². The summed E-state index contributed by atoms with van der Waals surface area (Å²) in [6.07, 6.45) is 3.53. The molecule has 1 unspecified atom stereocenters. The summed E-state index contributed by atoms with van der Waals surface area (Å²) in [6.45, 7) is 0. The SMILES string of the molecule is O=C(O)C1CCCc2[nH]c(=O)ncc21. The van der Waals surface area contributed by atoms with Crippen LogP contribution in [0.1, 0.15) is 30.0 Å². The molecule has 1 atom stereocenters. The molecular formula is C9H10N2O3. The van der Waals surface area contributed by atoms with Crippen molar-refractivity contribution in [1.82, 2.24) is 9.97 Å². The number of aryl methyl sites for hydroxylation is 1. The zero-order valence-electron chi connectivity index (χ0n) is 7.49. The summed E-state index contributed by atoms with van der Waals surface area (Å²) in [5.41, 5.74) is 0.974. The second-order valence-electron chi connectivity index (χ2n) is 3.41. The van der Waals surface area contributed by atoms with E-state index in [9.17, 15) is 9.59 Å². The second-order valence-corrected chi connectivity index (χ2v) is 3.41. The van der Waals surface area contributed by atoms with Crippen LogP contribution in [0.25, 0.3) is 0 Å². The molecule has 0 aromatic carbocycles. The van der Waals surface area contributed by atoms with Crippen molar-refractivity contribution in [2.75, 3.05) is 0 Å². The first-order valence-corrected chi connectivity index (χ1v) is 4.49. The number of nitrogens with zero attached hydrogens (tertiary/aromatic N) is 1. The number of hydrogen-bond donors (Lipinski definition) is 2. The van der Waals surface area contributed by atoms with Crippen molar-refractivity contribution in [2.45, 2.75) is 25.2 Å². The zero-order valence-corrected chi connectivity index (χ0v) is 7.49. The molecule has 1 aromatic heterocycles. The molecule has 2 rings (SSSR count). The van der Waals surface area contributed by atoms with E-state index in [-0.39, 0.29) is 0 Å². The van der Waals surface area contributed by atoms with E-state index >= 15 is 0 Å². The normalized spacial score (nSPS) is 20.1. The van der Waals surface area contributed by atoms with Crippen LogP contribution in [0.4, 0.5) is 0 Å². The number of rotatable bonds is 1. The number of fused-ring (bicyclic) bond motifs is 1. The molecule has 1 aliphatic rings. The number of aromatic amines is 1. The summed E-state index contributed by atoms with van der Waals surface area (Å²) in [5.74, 6) is -1.36. The van der Waals surface area contributed by atoms with E-state index < -0.39 is 17.6 Å². The Morgan fingerprint density at radius 1 is 1.64 bits per heavy atom. The van der Waals surface area contributed by atoms with Gasteiger partial charge >= 0.3 is 11.7 Å². The van der Waals surface area contributed by atoms with Gasteiger partial charge < -0.3 is 10.1 Å². The van der Waals surface area contributed by atoms with Gasteiger partial charge in [0, 0.05) is 17.5 Å². The minimum Gasteiger partial charge on any atom is -0.481 e. The van der Waals surface area contributed by atoms with Crippen molar-refractivity contribution in [3.8, 4) is 0 Å². The molecule has 1 aliphatic carbocycles. The third-order valence-corrected chi connectivity index (χ3v) is 2.52. The lowest BCUT2D eigenvalue weighted by Gasteiger charge is -2.20. The van der Waals surface area contributed by atoms with Gasteiger partial charge in [0.2, 0.25) is 0 Å². The highest BCUT2D eigenvalue weighted by atomic mass is 16.4. The summed E-state index contributed by atoms with van der Waals surface area (Å²) in [4.78, 5) is 27.9. The standard InChI is InChI=1S/C9H10N2O3/c12-8(13)5-2-1-3-7-6(5)4-10-9(14)11-7/h4-5H,1-3H2,(H,12,13)(H,10,11,14). The van der Waals surface area contributed by atoms with Gasteiger partial charge in [0.25, 0.3) is 0 Å². The van der Waals surface area contributed by atoms with Gasteiger partial charge in [0.05, 0.1) is 5.92 Å². The Bertz CT molecular complexity index is 424. The third-order valence-electron chi connectivity index (χ3n) is 2.52. The lowest BCUT2D eigenvalue weighted by atomic mass is 9.87. The van der Waals surface area contributed by atoms with Crippen LogP contribution in [0.3, 0.4) is 0 Å². The summed E-state index contributed by atoms with van der Waals surface area (Å²) < 4.78 is 0. The number of aromatic nitrogens is 2. The number of H-pyrrole nitrogens is 1. The summed E-state index contributed by atoms with van der Waals surface area (Å²) in [6, 6.07) is 0. The number of aliphatic carboxylic acids is 1. The van der Waals surface area contributed by atoms with Crippen molar-refractivity contribution < 1.29 is 9.90 Å². The van der Waals surface area contributed by atoms with Gasteiger partial charge in [-0.25, -0.2) is 9.78 Å². The maximum absolute atomic E-state index is 10.9. The van der Waals surface area contributed by atoms with Gasteiger partial charge in [0.1, 0.15) is 0 Å². The Balaban J connectivity index is 2.50. The van der Waals surface area contributed by atoms with E-state index in [0.29, 0.717) is 12.0 Å². The van der Waals surface area contributed by atoms with E-state index in [0.717, 1.165) is 18.5 Å². The molecule has 74 valence electrons. The quantitative estimate of drug-likeness (QED) is 0.672. The van der Waals surface area contributed by atoms with E-state index in [4.69, 9.17) is 5.11 Å². The molecule has 2 N–H and O–H groups in total. The average molecular weight is 194 g/mol. The number of carboxylic acids is 1. The van der Waals surface area contributed by atoms with Crippen molar-refractivity contribution in [2.24, 2.45) is 0 Å². The molecule has 0 radical (unpaired) electrons. The molecule has 0 amide bonds. The maximum atomic E-state index is 10.9. The largest absolute Gasteiger partial charge is 0.481 e. The smallest absolute Gasteiger partial charge is 0.345 e. The highest BCUT2D eigenvalue weighted by Gasteiger charge is 2.26. The minimum atomic E-state index is -0.847. The van der Waals surface area contributed by atoms with E-state index in [1.165, 1.54) is 6.20 Å². The molecule has 0 fully saturated rings. The minimum absolute atomic E-state index is 0.408. The van der Waals surface area contributed by atoms with Crippen LogP contribution in [-0.2, 0) is 11.2 Å². The molecule has 5 heteroatoms. The van der Waals surface area contributed by atoms with Crippen LogP contribution in [0.2, 0.25) is 0 Å². The molecule has 14 heavy (non-hydrogen) atoms. The molecule has 1 heterocycles. The molecule has 0 saturated heterocycles. The van der Waals surface area contributed by atoms with Gasteiger partial charge in [-0.3, -0.25) is 4.79 Å². The highest BCUT2D eigenvalue weighted by molar-refractivity contribution is 5.76. The van der Waals surface area contributed by atoms with Crippen LogP contribution in [0, 0.1) is 0 Å². The fourth-order valence-corrected chi connectivity index (χ4v) is 1.84. The Morgan fingerprint density at radius 3 is 3.14 bits per heavy atom. The van der Waals surface area contributed by atoms with E-state index in [1.54, 1.807) is 0 Å². The van der Waals surface area contributed by atoms with E-state index in [2.05, 4.69) is 9.97 Å². The Morgan fingerprint density at radius 2 is 2.43 bits per heavy atom. The monoisotopic (exact) mass is 194 g/mol. The first-order chi connectivity index (χ1) is 6.68. The number of nitrogens with one attached hydrogen (secondary N) is 1. The zero-order chi connectivity index (χ0) is 10.1. The van der Waals surface area contributed by atoms with Gasteiger partial charge in [0.15, 0.2) is 0 Å². The van der Waals surface area contributed by atoms with E-state index in [1.807, 2.05) is 0 Å². The molecule has 0 spiro atoms. The first kappa shape index (κ1) is 8.93. The highest BCUT2D eigenvalue weighted by Crippen LogP contribution is 2.29. The maximum Gasteiger partial charge on any atom is 0.345 e. The molecule has 5 nitrogen and oxygen atoms in total. The van der Waals surface area contributed by atoms with Crippen LogP contribution >= 0.6 is 0 Å². The lowest BCUT2D eigenvalue weighted by Crippen LogP contribution is -2.23. The molecular weight excluding hydrogens is 184 g/mol. The summed E-state index contributed by atoms with van der Waals surface area (Å²) in [5, 5.41) is 8.93. The van der Waals surface area contributed by atoms with Crippen molar-refractivity contribution in [3.63, 3.8) is 0 Å². The molecule has 0 aliphatic heterocycles. The van der Waals surface area contributed by atoms with Crippen molar-refractivity contribution >= 4 is 5.97 Å². The fraction of sp³-hybridized carbons (Fsp3) is 0.444. The Hall–Kier alpha value is -1.65. The van der Waals surface area contributed by atoms with Crippen LogP contribution < -0.4 is 5.69 Å². The fourth-order valence-electron chi connectivity index (χ4n) is 1.84. The third kappa shape index (κ3) is 1.41. The number of carboxylic acid groups (broad SMARTS) is 1. The topological polar surface area (TPSA) is 83.0 Å². The van der Waals surface area contributed by atoms with Gasteiger partial charge in [-0.05, 0) is 19.3 Å². The Kier molecular flexibility index (Phi) is 2.07. The van der Waals surface area contributed by atoms with Gasteiger partial charge in [-0.2, -0.15) is 0 Å². The lowest BCUT2D eigenvalue weighted by molar-refractivity contribution is -0.139. The number of hydrogen-bond acceptors (Lipinski definition) is 3. The van der Waals surface area contributed by atoms with Gasteiger partial charge in [-0.1, -0.05) is 0 Å². The molecule has 1 aromatic rings. The molecule has 0 bridgehead atoms. The summed E-state index contributed by atoms with van der Waals surface area (Å²) in [7, 11) is 0. The van der Waals surface area contributed by atoms with Crippen molar-refractivity contribution in [3.05, 3.63) is 27.9 Å². The average Bonchev–Trinajstić information content (AvgIpc) is 2.16. The Labute approximate surface area is 79.8 Å². The molecule has 0 saturated carbocycles. The second kappa shape index (κ2) is 3.25. The van der Waals surface area contributed by atoms with Gasteiger partial charge in [-0.15, -0.1) is 0 Å². The predicted molar refractivity (Wildman–Crippen MR) is 48.2 cm³/mol. The van der Waals surface area contributed by atoms with Crippen LogP contribution in [-0.4, -0.2) is 21.0 Å². The summed E-state index contributed by atoms with van der Waals surface area (Å²) >= 11 is 0. The van der Waals surface area contributed by atoms with Crippen LogP contribution in [0.5, 0.6) is 0 Å².